The zero-order valence-electron chi connectivity index (χ0n) is 13.4. The monoisotopic (exact) mass is 298 g/mol. The molecule has 0 atom stereocenters. The third kappa shape index (κ3) is 5.19. The van der Waals surface area contributed by atoms with Crippen molar-refractivity contribution in [3.05, 3.63) is 0 Å². The Labute approximate surface area is 127 Å². The van der Waals surface area contributed by atoms with E-state index in [2.05, 4.69) is 15.4 Å². The summed E-state index contributed by atoms with van der Waals surface area (Å²) < 4.78 is 0. The van der Waals surface area contributed by atoms with Gasteiger partial charge in [0.25, 0.3) is 0 Å². The number of unbranched alkanes of at least 4 members (excludes halogenated alkanes) is 1. The number of hydrogen-bond acceptors (Lipinski definition) is 4. The lowest BCUT2D eigenvalue weighted by atomic mass is 9.78. The first-order valence-electron chi connectivity index (χ1n) is 7.94. The van der Waals surface area contributed by atoms with Gasteiger partial charge >= 0.3 is 0 Å². The molecule has 0 radical (unpaired) electrons. The van der Waals surface area contributed by atoms with Crippen molar-refractivity contribution in [1.29, 1.82) is 0 Å². The Morgan fingerprint density at radius 3 is 2.38 bits per heavy atom. The average Bonchev–Trinajstić information content (AvgIpc) is 2.72. The van der Waals surface area contributed by atoms with Crippen LogP contribution in [-0.4, -0.2) is 49.0 Å². The number of amidine groups is 1. The van der Waals surface area contributed by atoms with Crippen LogP contribution in [0.15, 0.2) is 5.16 Å². The van der Waals surface area contributed by atoms with Gasteiger partial charge in [-0.1, -0.05) is 30.8 Å². The highest BCUT2D eigenvalue weighted by molar-refractivity contribution is 6.06. The molecule has 1 rings (SSSR count). The minimum absolute atomic E-state index is 0.0650. The lowest BCUT2D eigenvalue weighted by Crippen LogP contribution is -2.50. The fourth-order valence-electron chi connectivity index (χ4n) is 2.95. The molecule has 1 aliphatic rings. The molecule has 21 heavy (non-hydrogen) atoms. The van der Waals surface area contributed by atoms with Crippen LogP contribution in [0, 0.1) is 5.41 Å². The highest BCUT2D eigenvalue weighted by atomic mass is 16.4. The lowest BCUT2D eigenvalue weighted by molar-refractivity contribution is -0.128. The number of rotatable bonds is 7. The van der Waals surface area contributed by atoms with Crippen molar-refractivity contribution >= 4 is 11.7 Å². The van der Waals surface area contributed by atoms with Gasteiger partial charge in [0.1, 0.15) is 5.41 Å². The van der Waals surface area contributed by atoms with Crippen molar-refractivity contribution in [2.24, 2.45) is 16.3 Å². The van der Waals surface area contributed by atoms with Crippen molar-refractivity contribution in [2.75, 3.05) is 27.2 Å². The SMILES string of the molecule is CN(C)CCCCNC(=O)C1(C(N)=NO)CCCCCC1. The van der Waals surface area contributed by atoms with E-state index in [0.717, 1.165) is 45.1 Å². The molecular weight excluding hydrogens is 268 g/mol. The summed E-state index contributed by atoms with van der Waals surface area (Å²) in [6, 6.07) is 0. The van der Waals surface area contributed by atoms with Crippen LogP contribution in [0.2, 0.25) is 0 Å². The van der Waals surface area contributed by atoms with E-state index in [1.807, 2.05) is 14.1 Å². The van der Waals surface area contributed by atoms with Crippen molar-refractivity contribution in [3.8, 4) is 0 Å². The summed E-state index contributed by atoms with van der Waals surface area (Å²) in [5.41, 5.74) is 5.04. The average molecular weight is 298 g/mol. The maximum atomic E-state index is 12.6. The lowest BCUT2D eigenvalue weighted by Gasteiger charge is -2.29. The second kappa shape index (κ2) is 8.87. The molecule has 0 aromatic heterocycles. The molecule has 0 heterocycles. The van der Waals surface area contributed by atoms with E-state index in [-0.39, 0.29) is 11.7 Å². The molecule has 1 fully saturated rings. The van der Waals surface area contributed by atoms with E-state index in [0.29, 0.717) is 19.4 Å². The molecule has 122 valence electrons. The molecule has 6 heteroatoms. The van der Waals surface area contributed by atoms with Gasteiger partial charge in [-0.25, -0.2) is 0 Å². The summed E-state index contributed by atoms with van der Waals surface area (Å²) in [5, 5.41) is 15.2. The smallest absolute Gasteiger partial charge is 0.233 e. The summed E-state index contributed by atoms with van der Waals surface area (Å²) in [7, 11) is 4.08. The van der Waals surface area contributed by atoms with Crippen LogP contribution in [0.3, 0.4) is 0 Å². The summed E-state index contributed by atoms with van der Waals surface area (Å²) in [6.07, 6.45) is 7.44. The molecule has 0 aromatic rings. The normalized spacial score (nSPS) is 19.3. The molecular formula is C15H30N4O2. The molecule has 1 saturated carbocycles. The Kier molecular flexibility index (Phi) is 7.50. The van der Waals surface area contributed by atoms with E-state index in [1.54, 1.807) is 0 Å². The van der Waals surface area contributed by atoms with Crippen LogP contribution in [0.1, 0.15) is 51.4 Å². The standard InChI is InChI=1S/C15H30N4O2/c1-19(2)12-8-7-11-17-14(20)15(13(16)18-21)9-5-3-4-6-10-15/h21H,3-12H2,1-2H3,(H2,16,18)(H,17,20). The summed E-state index contributed by atoms with van der Waals surface area (Å²) in [6.45, 7) is 1.66. The second-order valence-electron chi connectivity index (χ2n) is 6.25. The van der Waals surface area contributed by atoms with Crippen LogP contribution in [0.4, 0.5) is 0 Å². The maximum absolute atomic E-state index is 12.6. The number of amides is 1. The quantitative estimate of drug-likeness (QED) is 0.166. The van der Waals surface area contributed by atoms with Gasteiger partial charge < -0.3 is 21.2 Å². The van der Waals surface area contributed by atoms with Crippen LogP contribution >= 0.6 is 0 Å². The summed E-state index contributed by atoms with van der Waals surface area (Å²) >= 11 is 0. The third-order valence-electron chi connectivity index (χ3n) is 4.31. The van der Waals surface area contributed by atoms with E-state index < -0.39 is 5.41 Å². The van der Waals surface area contributed by atoms with Gasteiger partial charge in [0.05, 0.1) is 0 Å². The number of hydrogen-bond donors (Lipinski definition) is 3. The van der Waals surface area contributed by atoms with Crippen LogP contribution in [-0.2, 0) is 4.79 Å². The van der Waals surface area contributed by atoms with Gasteiger partial charge in [-0.05, 0) is 46.3 Å². The molecule has 4 N–H and O–H groups in total. The topological polar surface area (TPSA) is 91.0 Å². The molecule has 0 aromatic carbocycles. The van der Waals surface area contributed by atoms with Crippen molar-refractivity contribution in [3.63, 3.8) is 0 Å². The first kappa shape index (κ1) is 17.8. The first-order valence-corrected chi connectivity index (χ1v) is 7.94. The van der Waals surface area contributed by atoms with Gasteiger partial charge in [0, 0.05) is 6.54 Å². The van der Waals surface area contributed by atoms with Crippen LogP contribution in [0.25, 0.3) is 0 Å². The van der Waals surface area contributed by atoms with Gasteiger partial charge in [0.2, 0.25) is 5.91 Å². The highest BCUT2D eigenvalue weighted by Crippen LogP contribution is 2.35. The summed E-state index contributed by atoms with van der Waals surface area (Å²) in [5.74, 6) is -0.0141. The third-order valence-corrected chi connectivity index (χ3v) is 4.31. The molecule has 1 amide bonds. The molecule has 1 aliphatic carbocycles. The Hall–Kier alpha value is -1.30. The van der Waals surface area contributed by atoms with Gasteiger partial charge in [-0.2, -0.15) is 0 Å². The highest BCUT2D eigenvalue weighted by Gasteiger charge is 2.42. The van der Waals surface area contributed by atoms with Gasteiger partial charge in [0.15, 0.2) is 5.84 Å². The molecule has 0 unspecified atom stereocenters. The number of carbonyl (C=O) groups is 1. The Morgan fingerprint density at radius 2 is 1.86 bits per heavy atom. The van der Waals surface area contributed by atoms with Crippen LogP contribution < -0.4 is 11.1 Å². The molecule has 0 bridgehead atoms. The Bertz CT molecular complexity index is 348. The van der Waals surface area contributed by atoms with Gasteiger partial charge in [-0.3, -0.25) is 4.79 Å². The van der Waals surface area contributed by atoms with Crippen molar-refractivity contribution in [2.45, 2.75) is 51.4 Å². The van der Waals surface area contributed by atoms with Gasteiger partial charge in [-0.15, -0.1) is 0 Å². The maximum Gasteiger partial charge on any atom is 0.233 e. The number of carbonyl (C=O) groups excluding carboxylic acids is 1. The zero-order valence-corrected chi connectivity index (χ0v) is 13.4. The van der Waals surface area contributed by atoms with Crippen molar-refractivity contribution < 1.29 is 10.0 Å². The van der Waals surface area contributed by atoms with E-state index in [4.69, 9.17) is 10.9 Å². The second-order valence-corrected chi connectivity index (χ2v) is 6.25. The van der Waals surface area contributed by atoms with E-state index in [9.17, 15) is 4.79 Å². The number of nitrogens with one attached hydrogen (secondary N) is 1. The zero-order chi connectivity index (χ0) is 15.7. The van der Waals surface area contributed by atoms with E-state index >= 15 is 0 Å². The Morgan fingerprint density at radius 1 is 1.24 bits per heavy atom. The summed E-state index contributed by atoms with van der Waals surface area (Å²) in [4.78, 5) is 14.7. The fourth-order valence-corrected chi connectivity index (χ4v) is 2.95. The fraction of sp³-hybridized carbons (Fsp3) is 0.867. The molecule has 0 aliphatic heterocycles. The first-order chi connectivity index (χ1) is 10.0. The predicted octanol–water partition coefficient (Wildman–Crippen LogP) is 1.53. The number of oxime groups is 1. The number of nitrogens with two attached hydrogens (primary N) is 1. The van der Waals surface area contributed by atoms with Crippen LogP contribution in [0.5, 0.6) is 0 Å². The van der Waals surface area contributed by atoms with Crippen molar-refractivity contribution in [1.82, 2.24) is 10.2 Å². The van der Waals surface area contributed by atoms with E-state index in [1.165, 1.54) is 0 Å². The minimum Gasteiger partial charge on any atom is -0.409 e. The molecule has 6 nitrogen and oxygen atoms in total. The molecule has 0 saturated heterocycles. The minimum atomic E-state index is -0.813. The predicted molar refractivity (Wildman–Crippen MR) is 84.3 cm³/mol. The number of nitrogens with zero attached hydrogens (tertiary/aromatic N) is 2. The largest absolute Gasteiger partial charge is 0.409 e. The molecule has 0 spiro atoms. The Balaban J connectivity index is 2.56.